The Bertz CT molecular complexity index is 137. The molecule has 60 valence electrons. The van der Waals surface area contributed by atoms with Gasteiger partial charge in [0.1, 0.15) is 5.60 Å². The first-order chi connectivity index (χ1) is 4.40. The molecule has 0 aromatic carbocycles. The predicted octanol–water partition coefficient (Wildman–Crippen LogP) is 1.18. The molecule has 1 aliphatic heterocycles. The van der Waals surface area contributed by atoms with E-state index in [2.05, 4.69) is 20.8 Å². The number of hydrogen-bond donors (Lipinski definition) is 1. The third-order valence-corrected chi connectivity index (χ3v) is 1.98. The molecule has 1 rings (SSSR count). The van der Waals surface area contributed by atoms with Gasteiger partial charge in [-0.1, -0.05) is 20.8 Å². The lowest BCUT2D eigenvalue weighted by Crippen LogP contribution is -2.24. The number of aliphatic hydroxyl groups is 1. The van der Waals surface area contributed by atoms with Gasteiger partial charge in [-0.25, -0.2) is 0 Å². The van der Waals surface area contributed by atoms with Crippen LogP contribution in [0.3, 0.4) is 0 Å². The molecule has 0 bridgehead atoms. The summed E-state index contributed by atoms with van der Waals surface area (Å²) in [6, 6.07) is 0. The normalized spacial score (nSPS) is 39.9. The molecule has 2 atom stereocenters. The summed E-state index contributed by atoms with van der Waals surface area (Å²) < 4.78 is 5.37. The van der Waals surface area contributed by atoms with Crippen LogP contribution in [0.15, 0.2) is 0 Å². The highest BCUT2D eigenvalue weighted by atomic mass is 16.6. The first-order valence-electron chi connectivity index (χ1n) is 3.69. The lowest BCUT2D eigenvalue weighted by molar-refractivity contribution is 0.182. The van der Waals surface area contributed by atoms with E-state index in [1.54, 1.807) is 0 Å². The van der Waals surface area contributed by atoms with Gasteiger partial charge in [-0.05, 0) is 12.3 Å². The zero-order chi connectivity index (χ0) is 7.99. The Morgan fingerprint density at radius 3 is 2.10 bits per heavy atom. The molecule has 1 aliphatic rings. The van der Waals surface area contributed by atoms with E-state index in [-0.39, 0.29) is 23.7 Å². The fourth-order valence-electron chi connectivity index (χ4n) is 1.45. The van der Waals surface area contributed by atoms with Crippen LogP contribution in [0.1, 0.15) is 27.7 Å². The van der Waals surface area contributed by atoms with Gasteiger partial charge >= 0.3 is 0 Å². The quantitative estimate of drug-likeness (QED) is 0.560. The summed E-state index contributed by atoms with van der Waals surface area (Å²) in [5.74, 6) is 0. The number of aliphatic hydroxyl groups excluding tert-OH is 1. The van der Waals surface area contributed by atoms with Crippen molar-refractivity contribution in [2.45, 2.75) is 39.4 Å². The summed E-state index contributed by atoms with van der Waals surface area (Å²) >= 11 is 0. The third-order valence-electron chi connectivity index (χ3n) is 1.98. The van der Waals surface area contributed by atoms with E-state index in [1.165, 1.54) is 0 Å². The zero-order valence-corrected chi connectivity index (χ0v) is 7.14. The second kappa shape index (κ2) is 1.95. The Hall–Kier alpha value is -0.0800. The maximum Gasteiger partial charge on any atom is 0.115 e. The van der Waals surface area contributed by atoms with Crippen LogP contribution in [0.5, 0.6) is 0 Å². The Morgan fingerprint density at radius 2 is 2.00 bits per heavy atom. The molecule has 0 spiro atoms. The molecule has 1 N–H and O–H groups in total. The SMILES string of the molecule is CC(C)(C)[C@H]1O[C@]1(C)CO. The highest BCUT2D eigenvalue weighted by Crippen LogP contribution is 2.46. The predicted molar refractivity (Wildman–Crippen MR) is 39.8 cm³/mol. The Labute approximate surface area is 62.2 Å². The molecule has 0 aromatic heterocycles. The van der Waals surface area contributed by atoms with Gasteiger partial charge in [0.25, 0.3) is 0 Å². The molecular formula is C8H16O2. The Balaban J connectivity index is 2.52. The van der Waals surface area contributed by atoms with E-state index in [0.29, 0.717) is 0 Å². The lowest BCUT2D eigenvalue weighted by Gasteiger charge is -2.16. The zero-order valence-electron chi connectivity index (χ0n) is 7.14. The molecule has 1 heterocycles. The third kappa shape index (κ3) is 1.18. The van der Waals surface area contributed by atoms with Gasteiger partial charge < -0.3 is 9.84 Å². The average Bonchev–Trinajstić information content (AvgIpc) is 2.43. The smallest absolute Gasteiger partial charge is 0.115 e. The van der Waals surface area contributed by atoms with Crippen LogP contribution in [0, 0.1) is 5.41 Å². The van der Waals surface area contributed by atoms with Crippen molar-refractivity contribution < 1.29 is 9.84 Å². The minimum absolute atomic E-state index is 0.134. The molecule has 2 nitrogen and oxygen atoms in total. The van der Waals surface area contributed by atoms with E-state index in [0.717, 1.165) is 0 Å². The van der Waals surface area contributed by atoms with Gasteiger partial charge in [0, 0.05) is 0 Å². The van der Waals surface area contributed by atoms with E-state index in [1.807, 2.05) is 6.92 Å². The van der Waals surface area contributed by atoms with E-state index in [9.17, 15) is 0 Å². The molecule has 10 heavy (non-hydrogen) atoms. The summed E-state index contributed by atoms with van der Waals surface area (Å²) in [6.07, 6.45) is 0.227. The maximum absolute atomic E-state index is 8.87. The second-order valence-corrected chi connectivity index (χ2v) is 4.33. The van der Waals surface area contributed by atoms with E-state index < -0.39 is 0 Å². The van der Waals surface area contributed by atoms with E-state index in [4.69, 9.17) is 9.84 Å². The lowest BCUT2D eigenvalue weighted by atomic mass is 9.86. The topological polar surface area (TPSA) is 32.8 Å². The summed E-state index contributed by atoms with van der Waals surface area (Å²) in [5.41, 5.74) is -0.0876. The molecule has 0 amide bonds. The number of ether oxygens (including phenoxy) is 1. The second-order valence-electron chi connectivity index (χ2n) is 4.33. The fourth-order valence-corrected chi connectivity index (χ4v) is 1.45. The van der Waals surface area contributed by atoms with Crippen LogP contribution in [-0.2, 0) is 4.74 Å². The molecule has 0 radical (unpaired) electrons. The van der Waals surface area contributed by atoms with E-state index >= 15 is 0 Å². The van der Waals surface area contributed by atoms with Gasteiger partial charge in [0.05, 0.1) is 12.7 Å². The maximum atomic E-state index is 8.87. The van der Waals surface area contributed by atoms with Gasteiger partial charge in [0.15, 0.2) is 0 Å². The van der Waals surface area contributed by atoms with Crippen LogP contribution < -0.4 is 0 Å². The van der Waals surface area contributed by atoms with Crippen molar-refractivity contribution >= 4 is 0 Å². The fraction of sp³-hybridized carbons (Fsp3) is 1.00. The van der Waals surface area contributed by atoms with Gasteiger partial charge in [-0.3, -0.25) is 0 Å². The largest absolute Gasteiger partial charge is 0.393 e. The Kier molecular flexibility index (Phi) is 1.57. The van der Waals surface area contributed by atoms with Crippen molar-refractivity contribution in [2.75, 3.05) is 6.61 Å². The van der Waals surface area contributed by atoms with Crippen LogP contribution in [0.25, 0.3) is 0 Å². The summed E-state index contributed by atoms with van der Waals surface area (Å²) in [7, 11) is 0. The molecule has 0 unspecified atom stereocenters. The minimum atomic E-state index is -0.252. The van der Waals surface area contributed by atoms with Gasteiger partial charge in [-0.15, -0.1) is 0 Å². The van der Waals surface area contributed by atoms with Crippen molar-refractivity contribution in [3.8, 4) is 0 Å². The number of rotatable bonds is 1. The minimum Gasteiger partial charge on any atom is -0.393 e. The summed E-state index contributed by atoms with van der Waals surface area (Å²) in [6.45, 7) is 8.45. The molecule has 0 aliphatic carbocycles. The van der Waals surface area contributed by atoms with Crippen LogP contribution in [-0.4, -0.2) is 23.4 Å². The van der Waals surface area contributed by atoms with Crippen molar-refractivity contribution in [3.05, 3.63) is 0 Å². The number of hydrogen-bond acceptors (Lipinski definition) is 2. The molecule has 1 saturated heterocycles. The van der Waals surface area contributed by atoms with Crippen molar-refractivity contribution in [2.24, 2.45) is 5.41 Å². The first-order valence-corrected chi connectivity index (χ1v) is 3.69. The summed E-state index contributed by atoms with van der Waals surface area (Å²) in [4.78, 5) is 0. The van der Waals surface area contributed by atoms with Gasteiger partial charge in [-0.2, -0.15) is 0 Å². The summed E-state index contributed by atoms with van der Waals surface area (Å²) in [5, 5.41) is 8.87. The highest BCUT2D eigenvalue weighted by Gasteiger charge is 2.57. The molecule has 0 aromatic rings. The molecular weight excluding hydrogens is 128 g/mol. The van der Waals surface area contributed by atoms with Gasteiger partial charge in [0.2, 0.25) is 0 Å². The van der Waals surface area contributed by atoms with Crippen LogP contribution in [0.4, 0.5) is 0 Å². The number of epoxide rings is 1. The molecule has 2 heteroatoms. The Morgan fingerprint density at radius 1 is 1.50 bits per heavy atom. The van der Waals surface area contributed by atoms with Crippen molar-refractivity contribution in [1.82, 2.24) is 0 Å². The highest BCUT2D eigenvalue weighted by molar-refractivity contribution is 5.04. The standard InChI is InChI=1S/C8H16O2/c1-7(2,3)6-8(4,5-9)10-6/h6,9H,5H2,1-4H3/t6-,8-/m1/s1. The molecule has 1 fully saturated rings. The first kappa shape index (κ1) is 8.02. The van der Waals surface area contributed by atoms with Crippen molar-refractivity contribution in [1.29, 1.82) is 0 Å². The molecule has 0 saturated carbocycles. The average molecular weight is 144 g/mol. The van der Waals surface area contributed by atoms with Crippen molar-refractivity contribution in [3.63, 3.8) is 0 Å². The van der Waals surface area contributed by atoms with Crippen LogP contribution >= 0.6 is 0 Å². The monoisotopic (exact) mass is 144 g/mol. The van der Waals surface area contributed by atoms with Crippen LogP contribution in [0.2, 0.25) is 0 Å².